The van der Waals surface area contributed by atoms with Crippen LogP contribution in [-0.4, -0.2) is 71.2 Å². The number of hydrogen-bond acceptors (Lipinski definition) is 4. The molecule has 1 fully saturated rings. The van der Waals surface area contributed by atoms with E-state index in [9.17, 15) is 18.8 Å². The molecule has 196 valence electrons. The highest BCUT2D eigenvalue weighted by molar-refractivity contribution is 6.30. The van der Waals surface area contributed by atoms with E-state index in [-0.39, 0.29) is 42.3 Å². The summed E-state index contributed by atoms with van der Waals surface area (Å²) in [6.45, 7) is -0.532. The van der Waals surface area contributed by atoms with Crippen LogP contribution in [0.1, 0.15) is 12.0 Å². The molecule has 0 unspecified atom stereocenters. The Morgan fingerprint density at radius 1 is 1.19 bits per heavy atom. The van der Waals surface area contributed by atoms with Crippen LogP contribution in [0, 0.1) is 5.82 Å². The van der Waals surface area contributed by atoms with Gasteiger partial charge in [0.05, 0.1) is 22.8 Å². The zero-order valence-electron chi connectivity index (χ0n) is 20.3. The lowest BCUT2D eigenvalue weighted by atomic mass is 10.0. The average Bonchev–Trinajstić information content (AvgIpc) is 3.38. The van der Waals surface area contributed by atoms with Gasteiger partial charge in [0.15, 0.2) is 0 Å². The van der Waals surface area contributed by atoms with Gasteiger partial charge in [0.1, 0.15) is 17.5 Å². The summed E-state index contributed by atoms with van der Waals surface area (Å²) in [4.78, 5) is 41.1. The van der Waals surface area contributed by atoms with Crippen LogP contribution in [0.15, 0.2) is 48.7 Å². The zero-order valence-corrected chi connectivity index (χ0v) is 21.1. The lowest BCUT2D eigenvalue weighted by molar-refractivity contribution is -0.124. The second-order valence-electron chi connectivity index (χ2n) is 9.37. The molecule has 1 aliphatic rings. The molecule has 2 heterocycles. The van der Waals surface area contributed by atoms with E-state index in [0.717, 1.165) is 4.90 Å². The number of nitrogens with one attached hydrogen (secondary N) is 2. The van der Waals surface area contributed by atoms with Crippen molar-refractivity contribution in [2.24, 2.45) is 5.73 Å². The van der Waals surface area contributed by atoms with Crippen molar-refractivity contribution >= 4 is 46.2 Å². The fraction of sp³-hybridized carbons (Fsp3) is 0.320. The van der Waals surface area contributed by atoms with Crippen LogP contribution in [0.25, 0.3) is 10.9 Å². The Kier molecular flexibility index (Phi) is 7.37. The van der Waals surface area contributed by atoms with Crippen molar-refractivity contribution in [1.29, 1.82) is 0 Å². The number of primary amides is 1. The number of urea groups is 1. The summed E-state index contributed by atoms with van der Waals surface area (Å²) in [5.74, 6) is -1.30. The largest absolute Gasteiger partial charge is 0.351 e. The normalized spacial score (nSPS) is 19.4. The highest BCUT2D eigenvalue weighted by Crippen LogP contribution is 2.33. The number of para-hydroxylation sites is 1. The van der Waals surface area contributed by atoms with Crippen molar-refractivity contribution in [2.75, 3.05) is 32.5 Å². The second kappa shape index (κ2) is 10.3. The summed E-state index contributed by atoms with van der Waals surface area (Å²) < 4.78 is 31.2. The van der Waals surface area contributed by atoms with Crippen LogP contribution in [-0.2, 0) is 11.3 Å². The van der Waals surface area contributed by atoms with Gasteiger partial charge in [-0.05, 0) is 26.2 Å². The van der Waals surface area contributed by atoms with Crippen LogP contribution in [0.2, 0.25) is 5.02 Å². The summed E-state index contributed by atoms with van der Waals surface area (Å²) >= 11 is 5.81. The molecule has 2 atom stereocenters. The first-order chi connectivity index (χ1) is 17.5. The molecule has 2 aromatic carbocycles. The van der Waals surface area contributed by atoms with Crippen molar-refractivity contribution in [3.8, 4) is 0 Å². The van der Waals surface area contributed by atoms with E-state index in [1.54, 1.807) is 49.3 Å². The summed E-state index contributed by atoms with van der Waals surface area (Å²) in [6.07, 6.45) is 1.13. The maximum absolute atomic E-state index is 15.8. The molecule has 1 saturated heterocycles. The fourth-order valence-corrected chi connectivity index (χ4v) is 4.89. The highest BCUT2D eigenvalue weighted by Gasteiger charge is 2.49. The smallest absolute Gasteiger partial charge is 0.323 e. The number of anilines is 1. The van der Waals surface area contributed by atoms with Gasteiger partial charge in [0.25, 0.3) is 0 Å². The number of hydrogen-bond donors (Lipinski definition) is 3. The van der Waals surface area contributed by atoms with E-state index in [1.165, 1.54) is 22.9 Å². The van der Waals surface area contributed by atoms with E-state index < -0.39 is 35.5 Å². The Labute approximate surface area is 217 Å². The third-order valence-corrected chi connectivity index (χ3v) is 6.52. The number of aromatic nitrogens is 1. The number of likely N-dealkylation sites (tertiary alicyclic amines) is 1. The molecular formula is C25H27ClF2N6O3. The number of halogens is 3. The van der Waals surface area contributed by atoms with Crippen LogP contribution in [0.4, 0.5) is 24.1 Å². The lowest BCUT2D eigenvalue weighted by Gasteiger charge is -2.25. The molecule has 0 radical (unpaired) electrons. The van der Waals surface area contributed by atoms with E-state index in [1.807, 2.05) is 0 Å². The molecule has 12 heteroatoms. The minimum Gasteiger partial charge on any atom is -0.351 e. The topological polar surface area (TPSA) is 113 Å². The maximum Gasteiger partial charge on any atom is 0.323 e. The Bertz CT molecular complexity index is 1360. The molecule has 1 aromatic heterocycles. The van der Waals surface area contributed by atoms with Gasteiger partial charge in [-0.2, -0.15) is 0 Å². The fourth-order valence-electron chi connectivity index (χ4n) is 4.70. The first-order valence-corrected chi connectivity index (χ1v) is 11.9. The number of nitrogens with zero attached hydrogens (tertiary/aromatic N) is 3. The standard InChI is InChI=1S/C25H27ClF2N6O3/c1-32(2)13-25(28)10-20(22(35)30-11-15-6-5-8-17(26)21(15)27)34(14-25)24(37)31-18-12-33(23(29)36)19-9-4-3-7-16(18)19/h3-9,12,20H,10-11,13-14H2,1-2H3,(H2,29,36)(H,30,35)(H,31,37)/t20-,25-/m0/s1. The number of rotatable bonds is 6. The molecule has 1 aliphatic heterocycles. The van der Waals surface area contributed by atoms with Gasteiger partial charge in [-0.25, -0.2) is 18.4 Å². The average molecular weight is 533 g/mol. The minimum atomic E-state index is -1.86. The minimum absolute atomic E-state index is 0.00946. The van der Waals surface area contributed by atoms with Crippen LogP contribution in [0.3, 0.4) is 0 Å². The lowest BCUT2D eigenvalue weighted by Crippen LogP contribution is -2.47. The van der Waals surface area contributed by atoms with Crippen molar-refractivity contribution in [3.63, 3.8) is 0 Å². The van der Waals surface area contributed by atoms with Crippen molar-refractivity contribution in [3.05, 3.63) is 65.1 Å². The van der Waals surface area contributed by atoms with Gasteiger partial charge < -0.3 is 26.2 Å². The quantitative estimate of drug-likeness (QED) is 0.450. The van der Waals surface area contributed by atoms with Crippen molar-refractivity contribution < 1.29 is 23.2 Å². The molecule has 0 bridgehead atoms. The number of alkyl halides is 1. The van der Waals surface area contributed by atoms with Crippen LogP contribution >= 0.6 is 11.6 Å². The first-order valence-electron chi connectivity index (χ1n) is 11.5. The molecule has 0 spiro atoms. The third kappa shape index (κ3) is 5.52. The van der Waals surface area contributed by atoms with Gasteiger partial charge >= 0.3 is 12.1 Å². The number of fused-ring (bicyclic) bond motifs is 1. The predicted octanol–water partition coefficient (Wildman–Crippen LogP) is 3.55. The van der Waals surface area contributed by atoms with Gasteiger partial charge in [0, 0.05) is 36.7 Å². The van der Waals surface area contributed by atoms with E-state index in [0.29, 0.717) is 10.9 Å². The predicted molar refractivity (Wildman–Crippen MR) is 137 cm³/mol. The summed E-state index contributed by atoms with van der Waals surface area (Å²) in [5.41, 5.74) is 4.52. The molecule has 9 nitrogen and oxygen atoms in total. The number of benzene rings is 2. The monoisotopic (exact) mass is 532 g/mol. The number of carbonyl (C=O) groups excluding carboxylic acids is 3. The highest BCUT2D eigenvalue weighted by atomic mass is 35.5. The molecule has 4 rings (SSSR count). The van der Waals surface area contributed by atoms with E-state index >= 15 is 4.39 Å². The molecule has 37 heavy (non-hydrogen) atoms. The maximum atomic E-state index is 15.8. The summed E-state index contributed by atoms with van der Waals surface area (Å²) in [6, 6.07) is 8.61. The Morgan fingerprint density at radius 3 is 2.62 bits per heavy atom. The first kappa shape index (κ1) is 26.4. The van der Waals surface area contributed by atoms with E-state index in [4.69, 9.17) is 17.3 Å². The van der Waals surface area contributed by atoms with Gasteiger partial charge in [-0.15, -0.1) is 0 Å². The van der Waals surface area contributed by atoms with Crippen LogP contribution in [0.5, 0.6) is 0 Å². The summed E-state index contributed by atoms with van der Waals surface area (Å²) in [7, 11) is 3.39. The van der Waals surface area contributed by atoms with Gasteiger partial charge in [0.2, 0.25) is 5.91 Å². The number of amides is 4. The molecular weight excluding hydrogens is 506 g/mol. The molecule has 0 aliphatic carbocycles. The SMILES string of the molecule is CN(C)C[C@@]1(F)C[C@@H](C(=O)NCc2cccc(Cl)c2F)N(C(=O)Nc2cn(C(N)=O)c3ccccc23)C1. The number of carbonyl (C=O) groups is 3. The second-order valence-corrected chi connectivity index (χ2v) is 9.77. The van der Waals surface area contributed by atoms with Gasteiger partial charge in [-0.3, -0.25) is 9.36 Å². The Hall–Kier alpha value is -3.70. The number of nitrogens with two attached hydrogens (primary N) is 1. The molecule has 3 aromatic rings. The summed E-state index contributed by atoms with van der Waals surface area (Å²) in [5, 5.41) is 5.74. The zero-order chi connectivity index (χ0) is 26.9. The molecule has 0 saturated carbocycles. The molecule has 4 N–H and O–H groups in total. The van der Waals surface area contributed by atoms with Crippen molar-refractivity contribution in [1.82, 2.24) is 19.7 Å². The Morgan fingerprint density at radius 2 is 1.92 bits per heavy atom. The van der Waals surface area contributed by atoms with E-state index in [2.05, 4.69) is 10.6 Å². The Balaban J connectivity index is 1.58. The van der Waals surface area contributed by atoms with Crippen LogP contribution < -0.4 is 16.4 Å². The van der Waals surface area contributed by atoms with Gasteiger partial charge in [-0.1, -0.05) is 41.9 Å². The molecule has 4 amide bonds. The van der Waals surface area contributed by atoms with Crippen molar-refractivity contribution in [2.45, 2.75) is 24.7 Å². The third-order valence-electron chi connectivity index (χ3n) is 6.23.